The third-order valence-corrected chi connectivity index (χ3v) is 5.29. The largest absolute Gasteiger partial charge is 0.497 e. The van der Waals surface area contributed by atoms with Gasteiger partial charge in [-0.05, 0) is 61.4 Å². The van der Waals surface area contributed by atoms with Crippen molar-refractivity contribution < 1.29 is 28.9 Å². The Balaban J connectivity index is 2.19. The van der Waals surface area contributed by atoms with E-state index in [4.69, 9.17) is 21.2 Å². The molecule has 3 rings (SSSR count). The van der Waals surface area contributed by atoms with Crippen molar-refractivity contribution in [3.05, 3.63) is 64.3 Å². The molecule has 0 aliphatic carbocycles. The lowest BCUT2D eigenvalue weighted by Gasteiger charge is -2.14. The summed E-state index contributed by atoms with van der Waals surface area (Å²) in [6.45, 7) is 4.71. The minimum atomic E-state index is -0.756. The monoisotopic (exact) mass is 443 g/mol. The average molecular weight is 444 g/mol. The highest BCUT2D eigenvalue weighted by molar-refractivity contribution is 6.30. The molecule has 0 amide bonds. The van der Waals surface area contributed by atoms with Gasteiger partial charge in [0.1, 0.15) is 5.75 Å². The lowest BCUT2D eigenvalue weighted by atomic mass is 9.94. The summed E-state index contributed by atoms with van der Waals surface area (Å²) in [5, 5.41) is 1.20. The maximum absolute atomic E-state index is 13.4. The van der Waals surface area contributed by atoms with Gasteiger partial charge in [0, 0.05) is 28.6 Å². The number of aromatic nitrogens is 1. The fraction of sp³-hybridized carbons (Fsp3) is 0.261. The first-order valence-electron chi connectivity index (χ1n) is 9.66. The lowest BCUT2D eigenvalue weighted by Crippen LogP contribution is -2.19. The molecule has 1 unspecified atom stereocenters. The Morgan fingerprint density at radius 3 is 2.32 bits per heavy atom. The Morgan fingerprint density at radius 1 is 1.06 bits per heavy atom. The van der Waals surface area contributed by atoms with Crippen molar-refractivity contribution in [3.8, 4) is 5.75 Å². The third-order valence-electron chi connectivity index (χ3n) is 5.04. The summed E-state index contributed by atoms with van der Waals surface area (Å²) in [5.74, 6) is -1.90. The van der Waals surface area contributed by atoms with E-state index in [0.717, 1.165) is 6.92 Å². The maximum atomic E-state index is 13.4. The molecule has 8 heteroatoms. The number of carbonyl (C=O) groups is 3. The molecule has 0 N–H and O–H groups in total. The van der Waals surface area contributed by atoms with Crippen molar-refractivity contribution in [2.75, 3.05) is 7.11 Å². The molecule has 1 atom stereocenters. The summed E-state index contributed by atoms with van der Waals surface area (Å²) >= 11 is 5.95. The van der Waals surface area contributed by atoms with Crippen molar-refractivity contribution in [1.29, 1.82) is 0 Å². The van der Waals surface area contributed by atoms with Gasteiger partial charge in [0.05, 0.1) is 18.5 Å². The van der Waals surface area contributed by atoms with Crippen LogP contribution in [0.2, 0.25) is 5.02 Å². The lowest BCUT2D eigenvalue weighted by molar-refractivity contribution is -0.258. The van der Waals surface area contributed by atoms with Crippen molar-refractivity contribution in [2.45, 2.75) is 33.1 Å². The molecule has 3 aromatic rings. The third kappa shape index (κ3) is 4.41. The standard InChI is InChI=1S/C23H22ClNO6/c1-5-18(23(28)31-30-14(3)26)21-13(2)25(20-11-10-17(29-4)12-19(20)21)22(27)15-6-8-16(24)9-7-15/h6-12,18H,5H2,1-4H3. The molecule has 0 aliphatic heterocycles. The van der Waals surface area contributed by atoms with Gasteiger partial charge in [0.25, 0.3) is 5.91 Å². The highest BCUT2D eigenvalue weighted by atomic mass is 35.5. The first kappa shape index (κ1) is 22.4. The van der Waals surface area contributed by atoms with Gasteiger partial charge in [-0.2, -0.15) is 0 Å². The van der Waals surface area contributed by atoms with Gasteiger partial charge in [0.15, 0.2) is 0 Å². The van der Waals surface area contributed by atoms with E-state index in [-0.39, 0.29) is 5.91 Å². The number of ether oxygens (including phenoxy) is 1. The first-order valence-corrected chi connectivity index (χ1v) is 10.0. The van der Waals surface area contributed by atoms with Crippen LogP contribution in [0.1, 0.15) is 47.8 Å². The van der Waals surface area contributed by atoms with Crippen molar-refractivity contribution >= 4 is 40.3 Å². The number of fused-ring (bicyclic) bond motifs is 1. The molecule has 162 valence electrons. The summed E-state index contributed by atoms with van der Waals surface area (Å²) in [6.07, 6.45) is 0.367. The Labute approximate surface area is 184 Å². The van der Waals surface area contributed by atoms with Crippen LogP contribution in [0, 0.1) is 6.92 Å². The van der Waals surface area contributed by atoms with Crippen LogP contribution in [0.15, 0.2) is 42.5 Å². The summed E-state index contributed by atoms with van der Waals surface area (Å²) in [5.41, 5.74) is 2.25. The predicted molar refractivity (Wildman–Crippen MR) is 115 cm³/mol. The zero-order chi connectivity index (χ0) is 22.7. The first-order chi connectivity index (χ1) is 14.8. The van der Waals surface area contributed by atoms with Gasteiger partial charge in [-0.25, -0.2) is 19.4 Å². The van der Waals surface area contributed by atoms with E-state index in [1.807, 2.05) is 6.92 Å². The van der Waals surface area contributed by atoms with E-state index in [2.05, 4.69) is 4.89 Å². The van der Waals surface area contributed by atoms with Gasteiger partial charge in [-0.15, -0.1) is 0 Å². The molecule has 2 aromatic carbocycles. The Kier molecular flexibility index (Phi) is 6.65. The molecule has 0 aliphatic rings. The second kappa shape index (κ2) is 9.22. The smallest absolute Gasteiger partial charge is 0.363 e. The summed E-state index contributed by atoms with van der Waals surface area (Å²) in [6, 6.07) is 11.9. The number of hydrogen-bond donors (Lipinski definition) is 0. The molecule has 0 saturated heterocycles. The van der Waals surface area contributed by atoms with Crippen LogP contribution in [-0.2, 0) is 19.4 Å². The Hall–Kier alpha value is -3.32. The summed E-state index contributed by atoms with van der Waals surface area (Å²) in [4.78, 5) is 46.2. The molecule has 0 saturated carbocycles. The highest BCUT2D eigenvalue weighted by Crippen LogP contribution is 2.37. The number of benzene rings is 2. The second-order valence-electron chi connectivity index (χ2n) is 6.97. The Morgan fingerprint density at radius 2 is 1.74 bits per heavy atom. The van der Waals surface area contributed by atoms with Crippen molar-refractivity contribution in [1.82, 2.24) is 4.57 Å². The van der Waals surface area contributed by atoms with Crippen LogP contribution in [0.3, 0.4) is 0 Å². The van der Waals surface area contributed by atoms with Crippen LogP contribution >= 0.6 is 11.6 Å². The number of rotatable bonds is 5. The van der Waals surface area contributed by atoms with Crippen LogP contribution in [0.5, 0.6) is 5.75 Å². The molecule has 0 radical (unpaired) electrons. The molecule has 1 heterocycles. The van der Waals surface area contributed by atoms with E-state index in [1.165, 1.54) is 7.11 Å². The minimum absolute atomic E-state index is 0.265. The maximum Gasteiger partial charge on any atom is 0.363 e. The Bertz CT molecular complexity index is 1150. The number of halogens is 1. The molecule has 1 aromatic heterocycles. The van der Waals surface area contributed by atoms with E-state index in [0.29, 0.717) is 44.9 Å². The molecule has 31 heavy (non-hydrogen) atoms. The van der Waals surface area contributed by atoms with Gasteiger partial charge >= 0.3 is 11.9 Å². The topological polar surface area (TPSA) is 83.8 Å². The second-order valence-corrected chi connectivity index (χ2v) is 7.40. The van der Waals surface area contributed by atoms with Crippen LogP contribution < -0.4 is 4.74 Å². The number of methoxy groups -OCH3 is 1. The minimum Gasteiger partial charge on any atom is -0.497 e. The van der Waals surface area contributed by atoms with Crippen molar-refractivity contribution in [2.24, 2.45) is 0 Å². The fourth-order valence-electron chi connectivity index (χ4n) is 3.62. The predicted octanol–water partition coefficient (Wildman–Crippen LogP) is 4.82. The average Bonchev–Trinajstić information content (AvgIpc) is 3.04. The fourth-order valence-corrected chi connectivity index (χ4v) is 3.74. The van der Waals surface area contributed by atoms with Gasteiger partial charge in [-0.1, -0.05) is 18.5 Å². The van der Waals surface area contributed by atoms with E-state index >= 15 is 0 Å². The van der Waals surface area contributed by atoms with Gasteiger partial charge < -0.3 is 4.74 Å². The number of carbonyl (C=O) groups excluding carboxylic acids is 3. The number of hydrogen-bond acceptors (Lipinski definition) is 6. The zero-order valence-corrected chi connectivity index (χ0v) is 18.4. The summed E-state index contributed by atoms with van der Waals surface area (Å²) < 4.78 is 6.89. The van der Waals surface area contributed by atoms with E-state index in [9.17, 15) is 14.4 Å². The zero-order valence-electron chi connectivity index (χ0n) is 17.6. The molecular formula is C23H22ClNO6. The van der Waals surface area contributed by atoms with E-state index in [1.54, 1.807) is 54.0 Å². The van der Waals surface area contributed by atoms with Crippen molar-refractivity contribution in [3.63, 3.8) is 0 Å². The van der Waals surface area contributed by atoms with Crippen LogP contribution in [0.25, 0.3) is 10.9 Å². The number of nitrogens with zero attached hydrogens (tertiary/aromatic N) is 1. The quantitative estimate of drug-likeness (QED) is 0.415. The molecule has 0 fully saturated rings. The molecule has 7 nitrogen and oxygen atoms in total. The molecular weight excluding hydrogens is 422 g/mol. The van der Waals surface area contributed by atoms with Crippen LogP contribution in [0.4, 0.5) is 0 Å². The van der Waals surface area contributed by atoms with Gasteiger partial charge in [0.2, 0.25) is 0 Å². The summed E-state index contributed by atoms with van der Waals surface area (Å²) in [7, 11) is 1.54. The molecule has 0 bridgehead atoms. The van der Waals surface area contributed by atoms with Crippen LogP contribution in [-0.4, -0.2) is 29.5 Å². The highest BCUT2D eigenvalue weighted by Gasteiger charge is 2.31. The molecule has 0 spiro atoms. The SMILES string of the molecule is CCC(C(=O)OOC(C)=O)c1c(C)n(C(=O)c2ccc(Cl)cc2)c2ccc(OC)cc12. The normalized spacial score (nSPS) is 11.8. The van der Waals surface area contributed by atoms with Gasteiger partial charge in [-0.3, -0.25) is 9.36 Å². The van der Waals surface area contributed by atoms with E-state index < -0.39 is 17.9 Å².